The molecule has 1 aromatic rings. The Kier molecular flexibility index (Phi) is 5.90. The van der Waals surface area contributed by atoms with Crippen molar-refractivity contribution in [1.29, 1.82) is 0 Å². The zero-order chi connectivity index (χ0) is 14.5. The van der Waals surface area contributed by atoms with E-state index in [0.29, 0.717) is 35.5 Å². The quantitative estimate of drug-likeness (QED) is 0.812. The molecule has 7 heteroatoms. The van der Waals surface area contributed by atoms with E-state index in [-0.39, 0.29) is 0 Å². The standard InChI is InChI=1S/C12H19ClN2O3S/c1-9(8-18-2)7-14-12-6-10(4-5-11(12)13)15-19(3,16)17/h4-6,9,14-15H,7-8H2,1-3H3. The smallest absolute Gasteiger partial charge is 0.229 e. The Balaban J connectivity index is 2.74. The zero-order valence-corrected chi connectivity index (χ0v) is 12.8. The van der Waals surface area contributed by atoms with Gasteiger partial charge >= 0.3 is 0 Å². The predicted octanol–water partition coefficient (Wildman–Crippen LogP) is 2.41. The van der Waals surface area contributed by atoms with Crippen molar-refractivity contribution in [2.24, 2.45) is 5.92 Å². The van der Waals surface area contributed by atoms with Gasteiger partial charge in [0.05, 0.1) is 29.3 Å². The van der Waals surface area contributed by atoms with Crippen molar-refractivity contribution in [3.05, 3.63) is 23.2 Å². The molecule has 5 nitrogen and oxygen atoms in total. The van der Waals surface area contributed by atoms with Crippen molar-refractivity contribution in [1.82, 2.24) is 0 Å². The minimum atomic E-state index is -3.29. The summed E-state index contributed by atoms with van der Waals surface area (Å²) < 4.78 is 29.8. The first-order valence-electron chi connectivity index (χ1n) is 5.82. The molecule has 108 valence electrons. The number of rotatable bonds is 7. The molecule has 0 saturated carbocycles. The van der Waals surface area contributed by atoms with Gasteiger partial charge in [0.1, 0.15) is 0 Å². The van der Waals surface area contributed by atoms with Crippen LogP contribution in [0.5, 0.6) is 0 Å². The van der Waals surface area contributed by atoms with Crippen LogP contribution >= 0.6 is 11.6 Å². The molecule has 0 radical (unpaired) electrons. The topological polar surface area (TPSA) is 67.4 Å². The van der Waals surface area contributed by atoms with Crippen LogP contribution in [-0.2, 0) is 14.8 Å². The molecule has 1 unspecified atom stereocenters. The number of benzene rings is 1. The first-order chi connectivity index (χ1) is 8.81. The summed E-state index contributed by atoms with van der Waals surface area (Å²) in [6, 6.07) is 4.94. The molecule has 0 saturated heterocycles. The van der Waals surface area contributed by atoms with Crippen molar-refractivity contribution < 1.29 is 13.2 Å². The molecule has 2 N–H and O–H groups in total. The van der Waals surface area contributed by atoms with E-state index in [2.05, 4.69) is 10.0 Å². The van der Waals surface area contributed by atoms with Crippen molar-refractivity contribution in [3.8, 4) is 0 Å². The van der Waals surface area contributed by atoms with Crippen molar-refractivity contribution >= 4 is 33.0 Å². The largest absolute Gasteiger partial charge is 0.384 e. The Morgan fingerprint density at radius 3 is 2.68 bits per heavy atom. The molecule has 0 heterocycles. The number of hydrogen-bond acceptors (Lipinski definition) is 4. The third-order valence-corrected chi connectivity index (χ3v) is 3.30. The summed E-state index contributed by atoms with van der Waals surface area (Å²) in [5.41, 5.74) is 1.17. The fourth-order valence-corrected chi connectivity index (χ4v) is 2.31. The van der Waals surface area contributed by atoms with Crippen LogP contribution in [0.1, 0.15) is 6.92 Å². The molecular formula is C12H19ClN2O3S. The predicted molar refractivity (Wildman–Crippen MR) is 79.4 cm³/mol. The summed E-state index contributed by atoms with van der Waals surface area (Å²) >= 11 is 6.06. The Hall–Kier alpha value is -0.980. The number of ether oxygens (including phenoxy) is 1. The van der Waals surface area contributed by atoms with Crippen LogP contribution in [0, 0.1) is 5.92 Å². The zero-order valence-electron chi connectivity index (χ0n) is 11.2. The van der Waals surface area contributed by atoms with E-state index in [1.807, 2.05) is 6.92 Å². The second-order valence-electron chi connectivity index (χ2n) is 4.51. The maximum Gasteiger partial charge on any atom is 0.229 e. The first-order valence-corrected chi connectivity index (χ1v) is 8.09. The van der Waals surface area contributed by atoms with Crippen LogP contribution in [0.3, 0.4) is 0 Å². The minimum absolute atomic E-state index is 0.326. The highest BCUT2D eigenvalue weighted by atomic mass is 35.5. The summed E-state index contributed by atoms with van der Waals surface area (Å²) in [6.07, 6.45) is 1.11. The van der Waals surface area contributed by atoms with Crippen LogP contribution in [-0.4, -0.2) is 34.9 Å². The van der Waals surface area contributed by atoms with Gasteiger partial charge in [-0.15, -0.1) is 0 Å². The monoisotopic (exact) mass is 306 g/mol. The number of nitrogens with one attached hydrogen (secondary N) is 2. The molecule has 0 aliphatic rings. The van der Waals surface area contributed by atoms with Crippen LogP contribution in [0.25, 0.3) is 0 Å². The van der Waals surface area contributed by atoms with E-state index in [1.165, 1.54) is 0 Å². The van der Waals surface area contributed by atoms with E-state index in [0.717, 1.165) is 6.26 Å². The lowest BCUT2D eigenvalue weighted by Gasteiger charge is -2.14. The second-order valence-corrected chi connectivity index (χ2v) is 6.67. The Bertz CT molecular complexity index is 520. The van der Waals surface area contributed by atoms with Gasteiger partial charge < -0.3 is 10.1 Å². The normalized spacial score (nSPS) is 13.1. The number of hydrogen-bond donors (Lipinski definition) is 2. The van der Waals surface area contributed by atoms with E-state index in [4.69, 9.17) is 16.3 Å². The van der Waals surface area contributed by atoms with E-state index < -0.39 is 10.0 Å². The minimum Gasteiger partial charge on any atom is -0.384 e. The average Bonchev–Trinajstić information content (AvgIpc) is 2.28. The van der Waals surface area contributed by atoms with Crippen LogP contribution in [0.4, 0.5) is 11.4 Å². The molecule has 0 amide bonds. The molecular weight excluding hydrogens is 288 g/mol. The van der Waals surface area contributed by atoms with Gasteiger partial charge in [-0.05, 0) is 24.1 Å². The van der Waals surface area contributed by atoms with Gasteiger partial charge in [0.15, 0.2) is 0 Å². The molecule has 0 bridgehead atoms. The Morgan fingerprint density at radius 1 is 1.42 bits per heavy atom. The highest BCUT2D eigenvalue weighted by molar-refractivity contribution is 7.92. The van der Waals surface area contributed by atoms with Crippen LogP contribution in [0.15, 0.2) is 18.2 Å². The van der Waals surface area contributed by atoms with Gasteiger partial charge in [-0.1, -0.05) is 18.5 Å². The maximum absolute atomic E-state index is 11.2. The number of sulfonamides is 1. The Labute approximate surface area is 119 Å². The molecule has 0 fully saturated rings. The van der Waals surface area contributed by atoms with E-state index in [1.54, 1.807) is 25.3 Å². The SMILES string of the molecule is COCC(C)CNc1cc(NS(C)(=O)=O)ccc1Cl. The number of methoxy groups -OCH3 is 1. The molecule has 0 aliphatic heterocycles. The third kappa shape index (κ3) is 6.13. The van der Waals surface area contributed by atoms with Gasteiger partial charge in [0.25, 0.3) is 0 Å². The lowest BCUT2D eigenvalue weighted by Crippen LogP contribution is -2.16. The second kappa shape index (κ2) is 6.98. The van der Waals surface area contributed by atoms with E-state index in [9.17, 15) is 8.42 Å². The fraction of sp³-hybridized carbons (Fsp3) is 0.500. The maximum atomic E-state index is 11.2. The summed E-state index contributed by atoms with van der Waals surface area (Å²) in [6.45, 7) is 3.38. The summed E-state index contributed by atoms with van der Waals surface area (Å²) in [4.78, 5) is 0. The number of halogens is 1. The lowest BCUT2D eigenvalue weighted by atomic mass is 10.2. The summed E-state index contributed by atoms with van der Waals surface area (Å²) in [5, 5.41) is 3.72. The summed E-state index contributed by atoms with van der Waals surface area (Å²) in [7, 11) is -1.63. The number of anilines is 2. The molecule has 1 atom stereocenters. The van der Waals surface area contributed by atoms with Gasteiger partial charge in [0.2, 0.25) is 10.0 Å². The van der Waals surface area contributed by atoms with Crippen molar-refractivity contribution in [3.63, 3.8) is 0 Å². The molecule has 0 aliphatic carbocycles. The van der Waals surface area contributed by atoms with Gasteiger partial charge in [-0.25, -0.2) is 8.42 Å². The van der Waals surface area contributed by atoms with Crippen molar-refractivity contribution in [2.75, 3.05) is 36.6 Å². The fourth-order valence-electron chi connectivity index (χ4n) is 1.57. The van der Waals surface area contributed by atoms with Gasteiger partial charge in [0, 0.05) is 13.7 Å². The van der Waals surface area contributed by atoms with E-state index >= 15 is 0 Å². The molecule has 1 aromatic carbocycles. The summed E-state index contributed by atoms with van der Waals surface area (Å²) in [5.74, 6) is 0.326. The van der Waals surface area contributed by atoms with Crippen LogP contribution in [0.2, 0.25) is 5.02 Å². The average molecular weight is 307 g/mol. The van der Waals surface area contributed by atoms with Crippen molar-refractivity contribution in [2.45, 2.75) is 6.92 Å². The molecule has 0 spiro atoms. The molecule has 19 heavy (non-hydrogen) atoms. The molecule has 0 aromatic heterocycles. The third-order valence-electron chi connectivity index (χ3n) is 2.36. The Morgan fingerprint density at radius 2 is 2.11 bits per heavy atom. The highest BCUT2D eigenvalue weighted by Gasteiger charge is 2.07. The first kappa shape index (κ1) is 16.1. The highest BCUT2D eigenvalue weighted by Crippen LogP contribution is 2.26. The van der Waals surface area contributed by atoms with Gasteiger partial charge in [-0.2, -0.15) is 0 Å². The van der Waals surface area contributed by atoms with Gasteiger partial charge in [-0.3, -0.25) is 4.72 Å². The van der Waals surface area contributed by atoms with Crippen LogP contribution < -0.4 is 10.0 Å². The lowest BCUT2D eigenvalue weighted by molar-refractivity contribution is 0.164. The molecule has 1 rings (SSSR count).